The summed E-state index contributed by atoms with van der Waals surface area (Å²) in [6.45, 7) is 0.360. The van der Waals surface area contributed by atoms with Crippen molar-refractivity contribution in [2.24, 2.45) is 0 Å². The molecule has 0 radical (unpaired) electrons. The van der Waals surface area contributed by atoms with Crippen LogP contribution in [0.25, 0.3) is 0 Å². The van der Waals surface area contributed by atoms with Crippen LogP contribution in [-0.2, 0) is 12.7 Å². The molecule has 0 spiro atoms. The molecule has 2 aromatic heterocycles. The van der Waals surface area contributed by atoms with E-state index in [1.165, 1.54) is 11.3 Å². The van der Waals surface area contributed by atoms with Gasteiger partial charge in [0.05, 0.1) is 17.6 Å². The smallest absolute Gasteiger partial charge is 0.384 e. The summed E-state index contributed by atoms with van der Waals surface area (Å²) in [7, 11) is 0. The van der Waals surface area contributed by atoms with Gasteiger partial charge in [0.1, 0.15) is 11.6 Å². The van der Waals surface area contributed by atoms with E-state index in [9.17, 15) is 13.2 Å². The molecule has 0 unspecified atom stereocenters. The summed E-state index contributed by atoms with van der Waals surface area (Å²) in [5, 5.41) is 2.78. The second kappa shape index (κ2) is 4.81. The molecule has 0 aliphatic rings. The number of halogens is 3. The van der Waals surface area contributed by atoms with E-state index in [-0.39, 0.29) is 11.6 Å². The molecule has 0 aliphatic heterocycles. The van der Waals surface area contributed by atoms with E-state index in [1.54, 1.807) is 11.7 Å². The van der Waals surface area contributed by atoms with Crippen LogP contribution in [0.15, 0.2) is 23.8 Å². The van der Waals surface area contributed by atoms with Crippen molar-refractivity contribution >= 4 is 23.0 Å². The Kier molecular flexibility index (Phi) is 3.37. The monoisotopic (exact) mass is 274 g/mol. The highest BCUT2D eigenvalue weighted by atomic mass is 32.1. The van der Waals surface area contributed by atoms with Crippen molar-refractivity contribution in [1.29, 1.82) is 0 Å². The number of nitrogen functional groups attached to an aromatic ring is 1. The zero-order chi connectivity index (χ0) is 13.2. The van der Waals surface area contributed by atoms with Gasteiger partial charge in [-0.2, -0.15) is 13.2 Å². The molecule has 0 saturated heterocycles. The van der Waals surface area contributed by atoms with Gasteiger partial charge in [-0.3, -0.25) is 4.98 Å². The average Bonchev–Trinajstić information content (AvgIpc) is 2.77. The molecular weight excluding hydrogens is 265 g/mol. The lowest BCUT2D eigenvalue weighted by Gasteiger charge is -2.10. The second-order valence-electron chi connectivity index (χ2n) is 3.48. The van der Waals surface area contributed by atoms with Gasteiger partial charge in [-0.25, -0.2) is 4.98 Å². The number of nitrogens with two attached hydrogens (primary N) is 1. The van der Waals surface area contributed by atoms with Gasteiger partial charge in [-0.1, -0.05) is 0 Å². The van der Waals surface area contributed by atoms with Crippen molar-refractivity contribution in [2.75, 3.05) is 11.1 Å². The Morgan fingerprint density at radius 2 is 2.11 bits per heavy atom. The molecule has 0 fully saturated rings. The number of hydrogen-bond acceptors (Lipinski definition) is 5. The molecule has 2 heterocycles. The van der Waals surface area contributed by atoms with Crippen molar-refractivity contribution in [3.63, 3.8) is 0 Å². The summed E-state index contributed by atoms with van der Waals surface area (Å²) < 4.78 is 37.6. The first-order chi connectivity index (χ1) is 8.45. The average molecular weight is 274 g/mol. The molecular formula is C10H9F3N4S. The summed E-state index contributed by atoms with van der Waals surface area (Å²) >= 11 is 1.40. The summed E-state index contributed by atoms with van der Waals surface area (Å²) in [6, 6.07) is 1.73. The van der Waals surface area contributed by atoms with Crippen LogP contribution in [0.3, 0.4) is 0 Å². The Bertz CT molecular complexity index is 524. The Labute approximate surface area is 105 Å². The molecule has 18 heavy (non-hydrogen) atoms. The molecule has 0 saturated carbocycles. The fourth-order valence-electron chi connectivity index (χ4n) is 1.31. The Hall–Kier alpha value is -1.83. The van der Waals surface area contributed by atoms with Crippen LogP contribution >= 0.6 is 11.3 Å². The van der Waals surface area contributed by atoms with Gasteiger partial charge in [0.15, 0.2) is 0 Å². The lowest BCUT2D eigenvalue weighted by atomic mass is 10.2. The number of nitrogens with one attached hydrogen (secondary N) is 1. The lowest BCUT2D eigenvalue weighted by molar-refractivity contribution is -0.137. The van der Waals surface area contributed by atoms with E-state index in [2.05, 4.69) is 15.3 Å². The Balaban J connectivity index is 2.15. The van der Waals surface area contributed by atoms with Crippen LogP contribution in [-0.4, -0.2) is 9.97 Å². The fraction of sp³-hybridized carbons (Fsp3) is 0.200. The van der Waals surface area contributed by atoms with Crippen LogP contribution in [0.1, 0.15) is 10.4 Å². The fourth-order valence-corrected chi connectivity index (χ4v) is 1.85. The highest BCUT2D eigenvalue weighted by Crippen LogP contribution is 2.31. The third-order valence-corrected chi connectivity index (χ3v) is 2.88. The van der Waals surface area contributed by atoms with Crippen molar-refractivity contribution in [1.82, 2.24) is 9.97 Å². The normalized spacial score (nSPS) is 11.5. The zero-order valence-corrected chi connectivity index (χ0v) is 9.85. The second-order valence-corrected chi connectivity index (χ2v) is 4.46. The number of anilines is 2. The van der Waals surface area contributed by atoms with Crippen LogP contribution in [0.5, 0.6) is 0 Å². The number of nitrogens with zero attached hydrogens (tertiary/aromatic N) is 2. The molecule has 2 aromatic rings. The van der Waals surface area contributed by atoms with Gasteiger partial charge in [0.2, 0.25) is 0 Å². The molecule has 3 N–H and O–H groups in total. The van der Waals surface area contributed by atoms with E-state index < -0.39 is 11.7 Å². The largest absolute Gasteiger partial charge is 0.416 e. The minimum Gasteiger partial charge on any atom is -0.384 e. The van der Waals surface area contributed by atoms with Crippen LogP contribution in [0.2, 0.25) is 0 Å². The first kappa shape index (κ1) is 12.6. The Morgan fingerprint density at radius 1 is 1.33 bits per heavy atom. The maximum Gasteiger partial charge on any atom is 0.416 e. The molecule has 0 bridgehead atoms. The van der Waals surface area contributed by atoms with Gasteiger partial charge in [-0.05, 0) is 12.1 Å². The van der Waals surface area contributed by atoms with E-state index in [1.807, 2.05) is 0 Å². The standard InChI is InChI=1S/C10H9F3N4S/c11-10(12,13)6-1-8(14)17-9(2-6)16-4-7-3-15-5-18-7/h1-3,5H,4H2,(H3,14,16,17). The number of hydrogen-bond donors (Lipinski definition) is 2. The molecule has 0 aromatic carbocycles. The van der Waals surface area contributed by atoms with Gasteiger partial charge in [-0.15, -0.1) is 11.3 Å². The van der Waals surface area contributed by atoms with Crippen molar-refractivity contribution in [3.05, 3.63) is 34.3 Å². The topological polar surface area (TPSA) is 63.8 Å². The predicted molar refractivity (Wildman–Crippen MR) is 63.1 cm³/mol. The number of pyridine rings is 1. The van der Waals surface area contributed by atoms with Crippen LogP contribution < -0.4 is 11.1 Å². The minimum absolute atomic E-state index is 0.0933. The molecule has 8 heteroatoms. The maximum atomic E-state index is 12.5. The number of rotatable bonds is 3. The molecule has 0 aliphatic carbocycles. The first-order valence-corrected chi connectivity index (χ1v) is 5.79. The van der Waals surface area contributed by atoms with E-state index in [0.717, 1.165) is 17.0 Å². The van der Waals surface area contributed by atoms with Crippen molar-refractivity contribution < 1.29 is 13.2 Å². The van der Waals surface area contributed by atoms with E-state index >= 15 is 0 Å². The van der Waals surface area contributed by atoms with Crippen LogP contribution in [0, 0.1) is 0 Å². The quantitative estimate of drug-likeness (QED) is 0.903. The third kappa shape index (κ3) is 3.10. The van der Waals surface area contributed by atoms with Gasteiger partial charge in [0, 0.05) is 11.1 Å². The minimum atomic E-state index is -4.43. The van der Waals surface area contributed by atoms with Crippen LogP contribution in [0.4, 0.5) is 24.8 Å². The number of aromatic nitrogens is 2. The van der Waals surface area contributed by atoms with Gasteiger partial charge >= 0.3 is 6.18 Å². The summed E-state index contributed by atoms with van der Waals surface area (Å²) in [5.74, 6) is -0.0765. The molecule has 2 rings (SSSR count). The molecule has 4 nitrogen and oxygen atoms in total. The zero-order valence-electron chi connectivity index (χ0n) is 9.03. The van der Waals surface area contributed by atoms with Gasteiger partial charge in [0.25, 0.3) is 0 Å². The number of alkyl halides is 3. The SMILES string of the molecule is Nc1cc(C(F)(F)F)cc(NCc2cncs2)n1. The highest BCUT2D eigenvalue weighted by Gasteiger charge is 2.31. The lowest BCUT2D eigenvalue weighted by Crippen LogP contribution is -2.09. The van der Waals surface area contributed by atoms with Crippen molar-refractivity contribution in [2.45, 2.75) is 12.7 Å². The molecule has 0 atom stereocenters. The maximum absolute atomic E-state index is 12.5. The van der Waals surface area contributed by atoms with E-state index in [4.69, 9.17) is 5.73 Å². The predicted octanol–water partition coefficient (Wildman–Crippen LogP) is 2.75. The summed E-state index contributed by atoms with van der Waals surface area (Å²) in [4.78, 5) is 8.56. The van der Waals surface area contributed by atoms with Crippen molar-refractivity contribution in [3.8, 4) is 0 Å². The third-order valence-electron chi connectivity index (χ3n) is 2.10. The highest BCUT2D eigenvalue weighted by molar-refractivity contribution is 7.09. The first-order valence-electron chi connectivity index (χ1n) is 4.91. The Morgan fingerprint density at radius 3 is 2.72 bits per heavy atom. The summed E-state index contributed by atoms with van der Waals surface area (Å²) in [5.41, 5.74) is 6.17. The summed E-state index contributed by atoms with van der Waals surface area (Å²) in [6.07, 6.45) is -2.80. The number of thiazole rings is 1. The van der Waals surface area contributed by atoms with E-state index in [0.29, 0.717) is 6.54 Å². The molecule has 96 valence electrons. The van der Waals surface area contributed by atoms with Gasteiger partial charge < -0.3 is 11.1 Å². The molecule has 0 amide bonds.